The Kier molecular flexibility index (Phi) is 4.22. The summed E-state index contributed by atoms with van der Waals surface area (Å²) in [5.74, 6) is 2.01. The van der Waals surface area contributed by atoms with Gasteiger partial charge in [0.1, 0.15) is 0 Å². The van der Waals surface area contributed by atoms with Gasteiger partial charge in [0.05, 0.1) is 10.9 Å². The van der Waals surface area contributed by atoms with Crippen molar-refractivity contribution in [1.29, 1.82) is 0 Å². The average molecular weight is 316 g/mol. The summed E-state index contributed by atoms with van der Waals surface area (Å²) < 4.78 is 1.65. The van der Waals surface area contributed by atoms with Crippen LogP contribution >= 0.6 is 23.5 Å². The zero-order valence-electron chi connectivity index (χ0n) is 12.0. The van der Waals surface area contributed by atoms with Crippen molar-refractivity contribution in [2.75, 3.05) is 17.8 Å². The van der Waals surface area contributed by atoms with Crippen LogP contribution in [0.2, 0.25) is 0 Å². The van der Waals surface area contributed by atoms with Crippen LogP contribution in [0.1, 0.15) is 0 Å². The van der Waals surface area contributed by atoms with Crippen LogP contribution in [0.4, 0.5) is 0 Å². The Bertz CT molecular complexity index is 858. The molecule has 0 bridgehead atoms. The molecule has 2 aromatic carbocycles. The summed E-state index contributed by atoms with van der Waals surface area (Å²) in [6.07, 6.45) is 2.08. The molecule has 0 saturated heterocycles. The van der Waals surface area contributed by atoms with Gasteiger partial charge in [-0.05, 0) is 29.2 Å². The molecule has 0 spiro atoms. The van der Waals surface area contributed by atoms with E-state index in [9.17, 15) is 4.79 Å². The standard InChI is InChI=1S/C16H16N2OS2/c1-18-15(19)13-9-11-5-3-4-6-12(11)10-14(13)17-16(18)21-8-7-20-2/h3-6,9-10H,7-8H2,1-2H3. The van der Waals surface area contributed by atoms with Gasteiger partial charge in [-0.1, -0.05) is 36.0 Å². The van der Waals surface area contributed by atoms with E-state index in [0.29, 0.717) is 5.39 Å². The minimum absolute atomic E-state index is 0.0254. The van der Waals surface area contributed by atoms with E-state index in [1.807, 2.05) is 30.3 Å². The third-order valence-electron chi connectivity index (χ3n) is 3.42. The summed E-state index contributed by atoms with van der Waals surface area (Å²) in [4.78, 5) is 17.2. The highest BCUT2D eigenvalue weighted by Crippen LogP contribution is 2.22. The van der Waals surface area contributed by atoms with Crippen molar-refractivity contribution in [2.45, 2.75) is 5.16 Å². The molecule has 0 unspecified atom stereocenters. The van der Waals surface area contributed by atoms with Gasteiger partial charge in [-0.2, -0.15) is 11.8 Å². The molecule has 5 heteroatoms. The fraction of sp³-hybridized carbons (Fsp3) is 0.250. The van der Waals surface area contributed by atoms with Crippen LogP contribution < -0.4 is 5.56 Å². The third-order valence-corrected chi connectivity index (χ3v) is 5.32. The molecule has 3 aromatic rings. The molecule has 0 N–H and O–H groups in total. The highest BCUT2D eigenvalue weighted by molar-refractivity contribution is 8.02. The van der Waals surface area contributed by atoms with Crippen molar-refractivity contribution in [3.05, 3.63) is 46.8 Å². The zero-order valence-corrected chi connectivity index (χ0v) is 13.6. The van der Waals surface area contributed by atoms with Crippen molar-refractivity contribution in [1.82, 2.24) is 9.55 Å². The van der Waals surface area contributed by atoms with E-state index < -0.39 is 0 Å². The molecule has 0 amide bonds. The summed E-state index contributed by atoms with van der Waals surface area (Å²) in [7, 11) is 1.80. The molecule has 0 aliphatic carbocycles. The number of benzene rings is 2. The number of hydrogen-bond donors (Lipinski definition) is 0. The van der Waals surface area contributed by atoms with Gasteiger partial charge >= 0.3 is 0 Å². The first-order valence-corrected chi connectivity index (χ1v) is 9.10. The van der Waals surface area contributed by atoms with Gasteiger partial charge in [-0.25, -0.2) is 4.98 Å². The Morgan fingerprint density at radius 3 is 2.57 bits per heavy atom. The van der Waals surface area contributed by atoms with E-state index in [1.54, 1.807) is 35.1 Å². The van der Waals surface area contributed by atoms with Crippen molar-refractivity contribution in [3.8, 4) is 0 Å². The van der Waals surface area contributed by atoms with E-state index in [2.05, 4.69) is 17.3 Å². The normalized spacial score (nSPS) is 11.3. The Morgan fingerprint density at radius 1 is 1.14 bits per heavy atom. The number of rotatable bonds is 4. The number of hydrogen-bond acceptors (Lipinski definition) is 4. The molecule has 3 rings (SSSR count). The Morgan fingerprint density at radius 2 is 1.86 bits per heavy atom. The van der Waals surface area contributed by atoms with Crippen molar-refractivity contribution in [3.63, 3.8) is 0 Å². The Balaban J connectivity index is 2.17. The molecule has 1 heterocycles. The predicted octanol–water partition coefficient (Wildman–Crippen LogP) is 3.54. The molecule has 0 fully saturated rings. The summed E-state index contributed by atoms with van der Waals surface area (Å²) in [6.45, 7) is 0. The Hall–Kier alpha value is -1.46. The number of thioether (sulfide) groups is 2. The molecule has 0 aliphatic rings. The monoisotopic (exact) mass is 316 g/mol. The predicted molar refractivity (Wildman–Crippen MR) is 93.6 cm³/mol. The molecule has 0 aliphatic heterocycles. The van der Waals surface area contributed by atoms with Gasteiger partial charge in [0.2, 0.25) is 0 Å². The minimum Gasteiger partial charge on any atom is -0.290 e. The van der Waals surface area contributed by atoms with Gasteiger partial charge in [0.25, 0.3) is 5.56 Å². The lowest BCUT2D eigenvalue weighted by atomic mass is 10.1. The summed E-state index contributed by atoms with van der Waals surface area (Å²) in [5, 5.41) is 3.67. The first-order chi connectivity index (χ1) is 10.2. The summed E-state index contributed by atoms with van der Waals surface area (Å²) in [5.41, 5.74) is 0.806. The molecule has 3 nitrogen and oxygen atoms in total. The van der Waals surface area contributed by atoms with Crippen molar-refractivity contribution >= 4 is 45.2 Å². The van der Waals surface area contributed by atoms with Crippen molar-refractivity contribution < 1.29 is 0 Å². The van der Waals surface area contributed by atoms with Crippen LogP contribution in [0.3, 0.4) is 0 Å². The van der Waals surface area contributed by atoms with Crippen molar-refractivity contribution in [2.24, 2.45) is 7.05 Å². The second kappa shape index (κ2) is 6.12. The maximum Gasteiger partial charge on any atom is 0.261 e. The molecule has 108 valence electrons. The first-order valence-electron chi connectivity index (χ1n) is 6.72. The largest absolute Gasteiger partial charge is 0.290 e. The smallest absolute Gasteiger partial charge is 0.261 e. The molecular formula is C16H16N2OS2. The fourth-order valence-corrected chi connectivity index (χ4v) is 3.91. The van der Waals surface area contributed by atoms with E-state index in [1.165, 1.54) is 0 Å². The topological polar surface area (TPSA) is 34.9 Å². The molecule has 0 saturated carbocycles. The lowest BCUT2D eigenvalue weighted by Gasteiger charge is -2.09. The SMILES string of the molecule is CSCCSc1nc2cc3ccccc3cc2c(=O)n1C. The lowest BCUT2D eigenvalue weighted by Crippen LogP contribution is -2.20. The second-order valence-electron chi connectivity index (χ2n) is 4.82. The summed E-state index contributed by atoms with van der Waals surface area (Å²) >= 11 is 3.44. The molecule has 0 radical (unpaired) electrons. The van der Waals surface area contributed by atoms with E-state index in [-0.39, 0.29) is 5.56 Å². The van der Waals surface area contributed by atoms with Crippen LogP contribution in [-0.4, -0.2) is 27.3 Å². The van der Waals surface area contributed by atoms with Gasteiger partial charge < -0.3 is 0 Å². The third kappa shape index (κ3) is 2.80. The average Bonchev–Trinajstić information content (AvgIpc) is 2.51. The molecule has 0 atom stereocenters. The summed E-state index contributed by atoms with van der Waals surface area (Å²) in [6, 6.07) is 12.0. The van der Waals surface area contributed by atoms with Crippen LogP contribution in [0, 0.1) is 0 Å². The van der Waals surface area contributed by atoms with Crippen LogP contribution in [0.15, 0.2) is 46.3 Å². The van der Waals surface area contributed by atoms with Gasteiger partial charge in [0.15, 0.2) is 5.16 Å². The van der Waals surface area contributed by atoms with Gasteiger partial charge in [-0.15, -0.1) is 0 Å². The molecular weight excluding hydrogens is 300 g/mol. The zero-order chi connectivity index (χ0) is 14.8. The van der Waals surface area contributed by atoms with Gasteiger partial charge in [-0.3, -0.25) is 9.36 Å². The number of nitrogens with zero attached hydrogens (tertiary/aromatic N) is 2. The molecule has 21 heavy (non-hydrogen) atoms. The van der Waals surface area contributed by atoms with E-state index >= 15 is 0 Å². The first kappa shape index (κ1) is 14.5. The van der Waals surface area contributed by atoms with Crippen LogP contribution in [0.5, 0.6) is 0 Å². The van der Waals surface area contributed by atoms with Crippen LogP contribution in [0.25, 0.3) is 21.7 Å². The second-order valence-corrected chi connectivity index (χ2v) is 6.86. The van der Waals surface area contributed by atoms with Crippen LogP contribution in [-0.2, 0) is 7.05 Å². The number of aromatic nitrogens is 2. The maximum absolute atomic E-state index is 12.5. The highest BCUT2D eigenvalue weighted by Gasteiger charge is 2.09. The van der Waals surface area contributed by atoms with E-state index in [0.717, 1.165) is 33.0 Å². The Labute approximate surface area is 131 Å². The number of fused-ring (bicyclic) bond motifs is 2. The van der Waals surface area contributed by atoms with E-state index in [4.69, 9.17) is 0 Å². The fourth-order valence-electron chi connectivity index (χ4n) is 2.28. The minimum atomic E-state index is 0.0254. The highest BCUT2D eigenvalue weighted by atomic mass is 32.2. The lowest BCUT2D eigenvalue weighted by molar-refractivity contribution is 0.727. The quantitative estimate of drug-likeness (QED) is 0.319. The maximum atomic E-state index is 12.5. The molecule has 1 aromatic heterocycles. The van der Waals surface area contributed by atoms with Gasteiger partial charge in [0, 0.05) is 18.6 Å².